The third kappa shape index (κ3) is 19.7. The number of hydrogen-bond acceptors (Lipinski definition) is 4. The molecule has 0 aliphatic rings. The Balaban J connectivity index is 2.08. The van der Waals surface area contributed by atoms with Crippen LogP contribution in [0, 0.1) is 5.92 Å². The van der Waals surface area contributed by atoms with Gasteiger partial charge in [0, 0.05) is 11.5 Å². The van der Waals surface area contributed by atoms with Gasteiger partial charge >= 0.3 is 5.97 Å². The highest BCUT2D eigenvalue weighted by atomic mass is 32.2. The lowest BCUT2D eigenvalue weighted by Gasteiger charge is -2.17. The molecule has 2 atom stereocenters. The largest absolute Gasteiger partial charge is 0.462 e. The quantitative estimate of drug-likeness (QED) is 0.0462. The molecule has 0 aliphatic heterocycles. The second-order valence-electron chi connectivity index (χ2n) is 11.4. The normalized spacial score (nSPS) is 12.9. The van der Waals surface area contributed by atoms with Crippen molar-refractivity contribution in [1.82, 2.24) is 0 Å². The van der Waals surface area contributed by atoms with Crippen molar-refractivity contribution >= 4 is 17.7 Å². The minimum absolute atomic E-state index is 0.0169. The van der Waals surface area contributed by atoms with Gasteiger partial charge in [-0.2, -0.15) is 0 Å². The summed E-state index contributed by atoms with van der Waals surface area (Å²) in [6, 6.07) is 7.78. The van der Waals surface area contributed by atoms with Crippen molar-refractivity contribution in [2.24, 2.45) is 5.92 Å². The van der Waals surface area contributed by atoms with Gasteiger partial charge in [0.15, 0.2) is 0 Å². The number of carbonyl (C=O) groups is 1. The Morgan fingerprint density at radius 2 is 1.23 bits per heavy atom. The first-order valence-electron chi connectivity index (χ1n) is 16.7. The maximum absolute atomic E-state index is 12.8. The smallest absolute Gasteiger partial charge is 0.339 e. The standard InChI is InChI=1S/C35H62O3S/c1-5-8-10-11-12-13-14-15-16-17-18-19-20-21-22-25-29-37-31(4)39-34-28-24-23-27-33(34)35(36)38-30-32(7-3)26-9-6-2/h23-24,27-28,31-32H,5-22,25-26,29-30H2,1-4H3. The number of ether oxygens (including phenoxy) is 2. The van der Waals surface area contributed by atoms with Gasteiger partial charge in [-0.05, 0) is 37.8 Å². The lowest BCUT2D eigenvalue weighted by atomic mass is 10.0. The molecule has 0 fully saturated rings. The van der Waals surface area contributed by atoms with Crippen LogP contribution in [0.15, 0.2) is 29.2 Å². The van der Waals surface area contributed by atoms with E-state index >= 15 is 0 Å². The third-order valence-electron chi connectivity index (χ3n) is 7.74. The summed E-state index contributed by atoms with van der Waals surface area (Å²) in [5.41, 5.74) is 0.675. The van der Waals surface area contributed by atoms with E-state index in [1.54, 1.807) is 11.8 Å². The lowest BCUT2D eigenvalue weighted by Crippen LogP contribution is -2.15. The molecule has 0 spiro atoms. The summed E-state index contributed by atoms with van der Waals surface area (Å²) in [6.45, 7) is 10.1. The first-order valence-corrected chi connectivity index (χ1v) is 17.5. The fraction of sp³-hybridized carbons (Fsp3) is 0.800. The fourth-order valence-corrected chi connectivity index (χ4v) is 5.98. The van der Waals surface area contributed by atoms with E-state index < -0.39 is 0 Å². The van der Waals surface area contributed by atoms with Crippen molar-refractivity contribution < 1.29 is 14.3 Å². The molecule has 0 aromatic heterocycles. The Hall–Kier alpha value is -1.00. The molecular formula is C35H62O3S. The highest BCUT2D eigenvalue weighted by Crippen LogP contribution is 2.28. The van der Waals surface area contributed by atoms with E-state index in [-0.39, 0.29) is 11.4 Å². The van der Waals surface area contributed by atoms with Crippen molar-refractivity contribution in [2.45, 2.75) is 166 Å². The van der Waals surface area contributed by atoms with Gasteiger partial charge in [0.2, 0.25) is 0 Å². The van der Waals surface area contributed by atoms with Gasteiger partial charge in [0.1, 0.15) is 5.44 Å². The molecule has 0 heterocycles. The van der Waals surface area contributed by atoms with Crippen molar-refractivity contribution in [3.05, 3.63) is 29.8 Å². The Morgan fingerprint density at radius 3 is 1.77 bits per heavy atom. The summed E-state index contributed by atoms with van der Waals surface area (Å²) < 4.78 is 11.8. The Morgan fingerprint density at radius 1 is 0.718 bits per heavy atom. The van der Waals surface area contributed by atoms with E-state index in [0.717, 1.165) is 30.8 Å². The summed E-state index contributed by atoms with van der Waals surface area (Å²) in [4.78, 5) is 13.7. The van der Waals surface area contributed by atoms with Gasteiger partial charge in [-0.1, -0.05) is 160 Å². The van der Waals surface area contributed by atoms with Crippen LogP contribution in [0.5, 0.6) is 0 Å². The third-order valence-corrected chi connectivity index (χ3v) is 8.82. The van der Waals surface area contributed by atoms with Gasteiger partial charge in [-0.15, -0.1) is 0 Å². The van der Waals surface area contributed by atoms with E-state index in [2.05, 4.69) is 27.7 Å². The van der Waals surface area contributed by atoms with Crippen LogP contribution in [0.25, 0.3) is 0 Å². The minimum atomic E-state index is -0.210. The molecule has 2 unspecified atom stereocenters. The van der Waals surface area contributed by atoms with Crippen LogP contribution < -0.4 is 0 Å². The molecule has 226 valence electrons. The molecule has 3 nitrogen and oxygen atoms in total. The number of carbonyl (C=O) groups excluding carboxylic acids is 1. The first-order chi connectivity index (χ1) is 19.1. The summed E-state index contributed by atoms with van der Waals surface area (Å²) in [7, 11) is 0. The number of rotatable bonds is 27. The fourth-order valence-electron chi connectivity index (χ4n) is 5.02. The van der Waals surface area contributed by atoms with Crippen molar-refractivity contribution in [3.8, 4) is 0 Å². The van der Waals surface area contributed by atoms with E-state index in [9.17, 15) is 4.79 Å². The van der Waals surface area contributed by atoms with Gasteiger partial charge in [0.25, 0.3) is 0 Å². The number of thioether (sulfide) groups is 1. The van der Waals surface area contributed by atoms with Crippen molar-refractivity contribution in [3.63, 3.8) is 0 Å². The zero-order valence-electron chi connectivity index (χ0n) is 26.2. The topological polar surface area (TPSA) is 35.5 Å². The number of benzene rings is 1. The lowest BCUT2D eigenvalue weighted by molar-refractivity contribution is 0.0424. The predicted octanol–water partition coefficient (Wildman–Crippen LogP) is 11.8. The highest BCUT2D eigenvalue weighted by Gasteiger charge is 2.17. The summed E-state index contributed by atoms with van der Waals surface area (Å²) in [5.74, 6) is 0.244. The average Bonchev–Trinajstić information content (AvgIpc) is 2.95. The zero-order chi connectivity index (χ0) is 28.4. The van der Waals surface area contributed by atoms with Crippen molar-refractivity contribution in [2.75, 3.05) is 13.2 Å². The SMILES string of the molecule is CCCCCCCCCCCCCCCCCCOC(C)Sc1ccccc1C(=O)OCC(CC)CCCC. The Labute approximate surface area is 247 Å². The molecule has 39 heavy (non-hydrogen) atoms. The second-order valence-corrected chi connectivity index (χ2v) is 12.7. The molecule has 0 aliphatic carbocycles. The van der Waals surface area contributed by atoms with Gasteiger partial charge in [-0.3, -0.25) is 0 Å². The van der Waals surface area contributed by atoms with Crippen LogP contribution in [0.3, 0.4) is 0 Å². The molecule has 0 bridgehead atoms. The van der Waals surface area contributed by atoms with Crippen LogP contribution in [0.1, 0.15) is 166 Å². The molecule has 0 amide bonds. The summed E-state index contributed by atoms with van der Waals surface area (Å²) in [5, 5.41) is 0. The number of hydrogen-bond donors (Lipinski definition) is 0. The molecule has 0 radical (unpaired) electrons. The van der Waals surface area contributed by atoms with Gasteiger partial charge < -0.3 is 9.47 Å². The van der Waals surface area contributed by atoms with Gasteiger partial charge in [-0.25, -0.2) is 4.79 Å². The predicted molar refractivity (Wildman–Crippen MR) is 171 cm³/mol. The van der Waals surface area contributed by atoms with Crippen LogP contribution in [0.4, 0.5) is 0 Å². The minimum Gasteiger partial charge on any atom is -0.462 e. The molecule has 1 aromatic carbocycles. The molecule has 0 N–H and O–H groups in total. The summed E-state index contributed by atoms with van der Waals surface area (Å²) >= 11 is 1.62. The molecule has 0 saturated carbocycles. The number of esters is 1. The number of unbranched alkanes of at least 4 members (excludes halogenated alkanes) is 16. The highest BCUT2D eigenvalue weighted by molar-refractivity contribution is 7.99. The molecular weight excluding hydrogens is 500 g/mol. The van der Waals surface area contributed by atoms with Gasteiger partial charge in [0.05, 0.1) is 12.2 Å². The maximum atomic E-state index is 12.8. The first kappa shape index (κ1) is 36.0. The van der Waals surface area contributed by atoms with E-state index in [4.69, 9.17) is 9.47 Å². The van der Waals surface area contributed by atoms with E-state index in [0.29, 0.717) is 18.1 Å². The van der Waals surface area contributed by atoms with E-state index in [1.807, 2.05) is 24.3 Å². The van der Waals surface area contributed by atoms with E-state index in [1.165, 1.54) is 109 Å². The molecule has 4 heteroatoms. The van der Waals surface area contributed by atoms with Crippen LogP contribution in [0.2, 0.25) is 0 Å². The maximum Gasteiger partial charge on any atom is 0.339 e. The zero-order valence-corrected chi connectivity index (χ0v) is 27.0. The molecule has 1 aromatic rings. The monoisotopic (exact) mass is 562 g/mol. The van der Waals surface area contributed by atoms with Crippen molar-refractivity contribution in [1.29, 1.82) is 0 Å². The second kappa shape index (κ2) is 25.9. The van der Waals surface area contributed by atoms with Crippen LogP contribution in [-0.4, -0.2) is 24.6 Å². The molecule has 1 rings (SSSR count). The Kier molecular flexibility index (Phi) is 24.0. The average molecular weight is 563 g/mol. The van der Waals surface area contributed by atoms with Crippen LogP contribution >= 0.6 is 11.8 Å². The van der Waals surface area contributed by atoms with Crippen LogP contribution in [-0.2, 0) is 9.47 Å². The Bertz CT molecular complexity index is 692. The summed E-state index contributed by atoms with van der Waals surface area (Å²) in [6.07, 6.45) is 26.6. The molecule has 0 saturated heterocycles.